The van der Waals surface area contributed by atoms with Crippen LogP contribution >= 0.6 is 0 Å². The fourth-order valence-corrected chi connectivity index (χ4v) is 5.33. The second-order valence-corrected chi connectivity index (χ2v) is 10.8. The minimum atomic E-state index is -0.366. The van der Waals surface area contributed by atoms with Gasteiger partial charge in [-0.15, -0.1) is 0 Å². The van der Waals surface area contributed by atoms with E-state index in [0.29, 0.717) is 12.5 Å². The quantitative estimate of drug-likeness (QED) is 0.710. The summed E-state index contributed by atoms with van der Waals surface area (Å²) in [5.74, 6) is 0.401. The zero-order chi connectivity index (χ0) is 18.6. The average molecular weight is 350 g/mol. The highest BCUT2D eigenvalue weighted by Gasteiger charge is 2.63. The normalized spacial score (nSPS) is 35.9. The Hall–Kier alpha value is -1.06. The van der Waals surface area contributed by atoms with Crippen LogP contribution in [-0.2, 0) is 19.1 Å². The van der Waals surface area contributed by atoms with Crippen molar-refractivity contribution >= 4 is 11.9 Å². The van der Waals surface area contributed by atoms with Gasteiger partial charge in [-0.05, 0) is 48.9 Å². The van der Waals surface area contributed by atoms with Crippen molar-refractivity contribution in [2.24, 2.45) is 34.0 Å². The molecule has 5 unspecified atom stereocenters. The summed E-state index contributed by atoms with van der Waals surface area (Å²) in [7, 11) is 0. The summed E-state index contributed by atoms with van der Waals surface area (Å²) in [6.07, 6.45) is 4.34. The molecule has 25 heavy (non-hydrogen) atoms. The molecule has 0 aromatic carbocycles. The van der Waals surface area contributed by atoms with E-state index in [0.717, 1.165) is 32.1 Å². The Morgan fingerprint density at radius 3 is 2.40 bits per heavy atom. The molecular weight excluding hydrogens is 316 g/mol. The molecule has 0 aromatic rings. The number of hydrogen-bond donors (Lipinski definition) is 0. The zero-order valence-electron chi connectivity index (χ0n) is 16.7. The molecule has 2 saturated carbocycles. The molecule has 2 aliphatic carbocycles. The molecule has 1 spiro atoms. The maximum Gasteiger partial charge on any atom is 0.312 e. The second-order valence-electron chi connectivity index (χ2n) is 10.8. The summed E-state index contributed by atoms with van der Waals surface area (Å²) >= 11 is 0. The molecule has 4 heteroatoms. The summed E-state index contributed by atoms with van der Waals surface area (Å²) in [5, 5.41) is 0. The summed E-state index contributed by atoms with van der Waals surface area (Å²) < 4.78 is 11.4. The van der Waals surface area contributed by atoms with E-state index in [4.69, 9.17) is 9.47 Å². The van der Waals surface area contributed by atoms with Crippen LogP contribution in [0.3, 0.4) is 0 Å². The van der Waals surface area contributed by atoms with Gasteiger partial charge in [0.25, 0.3) is 0 Å². The van der Waals surface area contributed by atoms with Crippen molar-refractivity contribution in [2.75, 3.05) is 6.61 Å². The van der Waals surface area contributed by atoms with Crippen molar-refractivity contribution < 1.29 is 19.1 Å². The largest absolute Gasteiger partial charge is 0.465 e. The van der Waals surface area contributed by atoms with Gasteiger partial charge < -0.3 is 9.47 Å². The highest BCUT2D eigenvalue weighted by molar-refractivity contribution is 5.80. The summed E-state index contributed by atoms with van der Waals surface area (Å²) in [5.41, 5.74) is -0.427. The first-order valence-electron chi connectivity index (χ1n) is 9.80. The average Bonchev–Trinajstić information content (AvgIpc) is 3.10. The third kappa shape index (κ3) is 3.46. The van der Waals surface area contributed by atoms with Crippen LogP contribution in [0, 0.1) is 34.0 Å². The smallest absolute Gasteiger partial charge is 0.312 e. The maximum atomic E-state index is 13.0. The van der Waals surface area contributed by atoms with Crippen molar-refractivity contribution in [1.82, 2.24) is 0 Å². The highest BCUT2D eigenvalue weighted by atomic mass is 16.6. The molecule has 1 aliphatic heterocycles. The van der Waals surface area contributed by atoms with Gasteiger partial charge in [-0.1, -0.05) is 41.5 Å². The number of esters is 2. The highest BCUT2D eigenvalue weighted by Crippen LogP contribution is 2.60. The Labute approximate surface area is 152 Å². The zero-order valence-corrected chi connectivity index (χ0v) is 16.7. The lowest BCUT2D eigenvalue weighted by Crippen LogP contribution is -2.43. The fourth-order valence-electron chi connectivity index (χ4n) is 5.33. The summed E-state index contributed by atoms with van der Waals surface area (Å²) in [6.45, 7) is 13.4. The van der Waals surface area contributed by atoms with Crippen LogP contribution < -0.4 is 0 Å². The van der Waals surface area contributed by atoms with Crippen LogP contribution in [0.4, 0.5) is 0 Å². The molecule has 3 rings (SSSR count). The first kappa shape index (κ1) is 18.7. The van der Waals surface area contributed by atoms with Gasteiger partial charge in [0.1, 0.15) is 6.10 Å². The van der Waals surface area contributed by atoms with E-state index in [1.165, 1.54) is 0 Å². The van der Waals surface area contributed by atoms with Crippen LogP contribution in [0.5, 0.6) is 0 Å². The van der Waals surface area contributed by atoms with Crippen LogP contribution in [0.25, 0.3) is 0 Å². The van der Waals surface area contributed by atoms with Crippen molar-refractivity contribution in [3.05, 3.63) is 0 Å². The van der Waals surface area contributed by atoms with Crippen LogP contribution in [0.1, 0.15) is 73.6 Å². The van der Waals surface area contributed by atoms with Crippen LogP contribution in [0.15, 0.2) is 0 Å². The van der Waals surface area contributed by atoms with Crippen molar-refractivity contribution in [2.45, 2.75) is 79.8 Å². The lowest BCUT2D eigenvalue weighted by Gasteiger charge is -2.38. The molecule has 4 nitrogen and oxygen atoms in total. The van der Waals surface area contributed by atoms with Crippen LogP contribution in [-0.4, -0.2) is 24.6 Å². The standard InChI is InChI=1S/C21H34O4/c1-19(2,3)12-15(20(4,5)6)17(22)25-16-10-13-9-14(16)21(11-13)7-8-24-18(21)23/h13-16H,7-12H2,1-6H3. The monoisotopic (exact) mass is 350 g/mol. The third-order valence-corrected chi connectivity index (χ3v) is 6.57. The lowest BCUT2D eigenvalue weighted by molar-refractivity contribution is -0.169. The van der Waals surface area contributed by atoms with Gasteiger partial charge in [0.05, 0.1) is 17.9 Å². The van der Waals surface area contributed by atoms with Gasteiger partial charge in [0, 0.05) is 5.92 Å². The number of fused-ring (bicyclic) bond motifs is 3. The number of hydrogen-bond acceptors (Lipinski definition) is 4. The predicted molar refractivity (Wildman–Crippen MR) is 95.7 cm³/mol. The molecule has 3 aliphatic rings. The number of carbonyl (C=O) groups is 2. The van der Waals surface area contributed by atoms with Crippen molar-refractivity contribution in [3.8, 4) is 0 Å². The first-order valence-corrected chi connectivity index (χ1v) is 9.80. The van der Waals surface area contributed by atoms with Gasteiger partial charge in [0.15, 0.2) is 0 Å². The molecule has 5 atom stereocenters. The summed E-state index contributed by atoms with van der Waals surface area (Å²) in [6, 6.07) is 0. The Bertz CT molecular complexity index is 553. The SMILES string of the molecule is CC(C)(C)CC(C(=O)OC1CC2CC1C1(CCOC1=O)C2)C(C)(C)C. The molecule has 0 N–H and O–H groups in total. The Morgan fingerprint density at radius 2 is 1.92 bits per heavy atom. The fraction of sp³-hybridized carbons (Fsp3) is 0.905. The van der Waals surface area contributed by atoms with E-state index in [-0.39, 0.29) is 46.1 Å². The lowest BCUT2D eigenvalue weighted by atomic mass is 9.70. The molecular formula is C21H34O4. The maximum absolute atomic E-state index is 13.0. The topological polar surface area (TPSA) is 52.6 Å². The predicted octanol–water partition coefficient (Wildman–Crippen LogP) is 4.36. The van der Waals surface area contributed by atoms with E-state index < -0.39 is 0 Å². The van der Waals surface area contributed by atoms with E-state index >= 15 is 0 Å². The van der Waals surface area contributed by atoms with Gasteiger partial charge in [-0.2, -0.15) is 0 Å². The second kappa shape index (κ2) is 5.99. The molecule has 3 fully saturated rings. The van der Waals surface area contributed by atoms with Gasteiger partial charge >= 0.3 is 11.9 Å². The molecule has 2 bridgehead atoms. The van der Waals surface area contributed by atoms with Crippen molar-refractivity contribution in [1.29, 1.82) is 0 Å². The van der Waals surface area contributed by atoms with E-state index in [9.17, 15) is 9.59 Å². The minimum absolute atomic E-state index is 0.0530. The minimum Gasteiger partial charge on any atom is -0.465 e. The first-order chi connectivity index (χ1) is 11.4. The third-order valence-electron chi connectivity index (χ3n) is 6.57. The number of rotatable bonds is 3. The summed E-state index contributed by atoms with van der Waals surface area (Å²) in [4.78, 5) is 25.4. The van der Waals surface area contributed by atoms with Gasteiger partial charge in [-0.3, -0.25) is 9.59 Å². The molecule has 1 saturated heterocycles. The van der Waals surface area contributed by atoms with E-state index in [2.05, 4.69) is 41.5 Å². The number of carbonyl (C=O) groups excluding carboxylic acids is 2. The Kier molecular flexibility index (Phi) is 4.49. The molecule has 142 valence electrons. The van der Waals surface area contributed by atoms with Gasteiger partial charge in [-0.25, -0.2) is 0 Å². The van der Waals surface area contributed by atoms with E-state index in [1.54, 1.807) is 0 Å². The van der Waals surface area contributed by atoms with Crippen LogP contribution in [0.2, 0.25) is 0 Å². The molecule has 0 amide bonds. The van der Waals surface area contributed by atoms with Crippen molar-refractivity contribution in [3.63, 3.8) is 0 Å². The van der Waals surface area contributed by atoms with E-state index in [1.807, 2.05) is 0 Å². The number of ether oxygens (including phenoxy) is 2. The Balaban J connectivity index is 1.73. The number of cyclic esters (lactones) is 1. The molecule has 1 heterocycles. The molecule has 0 aromatic heterocycles. The van der Waals surface area contributed by atoms with Gasteiger partial charge in [0.2, 0.25) is 0 Å². The Morgan fingerprint density at radius 1 is 1.24 bits per heavy atom. The molecule has 0 radical (unpaired) electrons.